The van der Waals surface area contributed by atoms with Gasteiger partial charge in [-0.1, -0.05) is 201 Å². The van der Waals surface area contributed by atoms with Crippen LogP contribution in [0.3, 0.4) is 0 Å². The maximum absolute atomic E-state index is 6.51. The van der Waals surface area contributed by atoms with Crippen LogP contribution >= 0.6 is 0 Å². The van der Waals surface area contributed by atoms with E-state index in [0.717, 1.165) is 56.5 Å². The van der Waals surface area contributed by atoms with E-state index in [9.17, 15) is 0 Å². The van der Waals surface area contributed by atoms with Gasteiger partial charge in [0, 0.05) is 33.4 Å². The van der Waals surface area contributed by atoms with Crippen molar-refractivity contribution in [2.75, 3.05) is 4.90 Å². The lowest BCUT2D eigenvalue weighted by Gasteiger charge is -2.35. The first-order chi connectivity index (χ1) is 32.6. The molecule has 0 saturated carbocycles. The van der Waals surface area contributed by atoms with E-state index < -0.39 is 5.41 Å². The van der Waals surface area contributed by atoms with E-state index in [1.165, 1.54) is 66.8 Å². The topological polar surface area (TPSA) is 16.4 Å². The van der Waals surface area contributed by atoms with Crippen molar-refractivity contribution in [3.63, 3.8) is 0 Å². The number of furan rings is 1. The molecule has 11 aromatic rings. The molecule has 0 amide bonds. The third-order valence-corrected chi connectivity index (χ3v) is 14.0. The zero-order valence-electron chi connectivity index (χ0n) is 37.1. The molecule has 0 N–H and O–H groups in total. The molecule has 0 saturated heterocycles. The Kier molecular flexibility index (Phi) is 9.61. The van der Waals surface area contributed by atoms with Crippen molar-refractivity contribution < 1.29 is 4.42 Å². The van der Waals surface area contributed by atoms with E-state index in [-0.39, 0.29) is 0 Å². The van der Waals surface area contributed by atoms with Crippen molar-refractivity contribution in [2.24, 2.45) is 0 Å². The van der Waals surface area contributed by atoms with Crippen molar-refractivity contribution in [3.05, 3.63) is 270 Å². The molecule has 1 aliphatic rings. The van der Waals surface area contributed by atoms with Gasteiger partial charge in [0.05, 0.1) is 5.41 Å². The normalized spacial score (nSPS) is 12.6. The molecule has 2 heteroatoms. The average Bonchev–Trinajstić information content (AvgIpc) is 3.91. The third kappa shape index (κ3) is 6.25. The second-order valence-electron chi connectivity index (χ2n) is 17.5. The fourth-order valence-electron chi connectivity index (χ4n) is 10.9. The Morgan fingerprint density at radius 2 is 0.909 bits per heavy atom. The molecule has 0 unspecified atom stereocenters. The summed E-state index contributed by atoms with van der Waals surface area (Å²) in [7, 11) is 0. The lowest BCUT2D eigenvalue weighted by Crippen LogP contribution is -2.28. The van der Waals surface area contributed by atoms with Crippen LogP contribution in [0.2, 0.25) is 0 Å². The maximum Gasteiger partial charge on any atom is 0.143 e. The second kappa shape index (κ2) is 16.1. The zero-order valence-corrected chi connectivity index (χ0v) is 37.1. The van der Waals surface area contributed by atoms with E-state index >= 15 is 0 Å². The van der Waals surface area contributed by atoms with Crippen LogP contribution < -0.4 is 4.90 Å². The molecule has 1 heterocycles. The van der Waals surface area contributed by atoms with Crippen LogP contribution in [0, 0.1) is 6.92 Å². The smallest absolute Gasteiger partial charge is 0.143 e. The van der Waals surface area contributed by atoms with Gasteiger partial charge in [-0.05, 0) is 128 Å². The molecule has 66 heavy (non-hydrogen) atoms. The van der Waals surface area contributed by atoms with Gasteiger partial charge >= 0.3 is 0 Å². The van der Waals surface area contributed by atoms with Crippen LogP contribution in [0.25, 0.3) is 66.4 Å². The molecular formula is C64H47NO. The Morgan fingerprint density at radius 1 is 0.394 bits per heavy atom. The average molecular weight is 846 g/mol. The van der Waals surface area contributed by atoms with Crippen LogP contribution in [-0.4, -0.2) is 0 Å². The number of hydrogen-bond donors (Lipinski definition) is 0. The van der Waals surface area contributed by atoms with Crippen LogP contribution in [0.15, 0.2) is 241 Å². The van der Waals surface area contributed by atoms with Gasteiger partial charge in [0.1, 0.15) is 11.2 Å². The quantitative estimate of drug-likeness (QED) is 0.144. The van der Waals surface area contributed by atoms with Crippen LogP contribution in [0.5, 0.6) is 0 Å². The number of para-hydroxylation sites is 2. The largest absolute Gasteiger partial charge is 0.455 e. The van der Waals surface area contributed by atoms with Crippen molar-refractivity contribution in [1.82, 2.24) is 0 Å². The molecule has 2 nitrogen and oxygen atoms in total. The summed E-state index contributed by atoms with van der Waals surface area (Å²) in [4.78, 5) is 2.42. The van der Waals surface area contributed by atoms with Crippen LogP contribution in [0.1, 0.15) is 40.3 Å². The predicted octanol–water partition coefficient (Wildman–Crippen LogP) is 17.3. The van der Waals surface area contributed by atoms with Crippen LogP contribution in [0.4, 0.5) is 17.1 Å². The van der Waals surface area contributed by atoms with E-state index in [1.807, 2.05) is 12.1 Å². The zero-order chi connectivity index (χ0) is 44.2. The molecule has 0 fully saturated rings. The number of nitrogens with zero attached hydrogens (tertiary/aromatic N) is 1. The third-order valence-electron chi connectivity index (χ3n) is 14.0. The van der Waals surface area contributed by atoms with Gasteiger partial charge in [-0.25, -0.2) is 0 Å². The Balaban J connectivity index is 1.03. The van der Waals surface area contributed by atoms with E-state index in [0.29, 0.717) is 0 Å². The molecule has 0 radical (unpaired) electrons. The number of fused-ring (bicyclic) bond motifs is 6. The summed E-state index contributed by atoms with van der Waals surface area (Å²) in [6.45, 7) is 4.50. The van der Waals surface area contributed by atoms with Gasteiger partial charge in [0.25, 0.3) is 0 Å². The molecule has 0 atom stereocenters. The van der Waals surface area contributed by atoms with Gasteiger partial charge in [0.2, 0.25) is 0 Å². The van der Waals surface area contributed by atoms with E-state index in [2.05, 4.69) is 243 Å². The highest BCUT2D eigenvalue weighted by molar-refractivity contribution is 6.09. The maximum atomic E-state index is 6.51. The highest BCUT2D eigenvalue weighted by Gasteiger charge is 2.46. The lowest BCUT2D eigenvalue weighted by molar-refractivity contribution is 0.670. The van der Waals surface area contributed by atoms with Crippen molar-refractivity contribution in [2.45, 2.75) is 25.7 Å². The molecule has 10 aromatic carbocycles. The van der Waals surface area contributed by atoms with Gasteiger partial charge in [-0.15, -0.1) is 0 Å². The highest BCUT2D eigenvalue weighted by atomic mass is 16.3. The minimum atomic E-state index is -0.520. The Bertz CT molecular complexity index is 3530. The molecular weight excluding hydrogens is 799 g/mol. The van der Waals surface area contributed by atoms with Crippen molar-refractivity contribution >= 4 is 39.0 Å². The Morgan fingerprint density at radius 3 is 1.62 bits per heavy atom. The standard InChI is InChI=1S/C64H47NO/c1-3-44-18-10-11-23-54(44)53-27-16-26-52(43(53)2)45-32-36-49(37-33-45)65(50-38-34-46(35-39-50)55-28-17-29-59-58-25-13-15-31-62(58)66-63(55)59)51-40-41-57-56-24-12-14-30-60(56)64(61(57)42-51,47-19-6-4-7-20-47)48-21-8-5-9-22-48/h4-42H,3H2,1-2H3. The van der Waals surface area contributed by atoms with Gasteiger partial charge < -0.3 is 9.32 Å². The van der Waals surface area contributed by atoms with E-state index in [4.69, 9.17) is 4.42 Å². The second-order valence-corrected chi connectivity index (χ2v) is 17.5. The molecule has 0 spiro atoms. The molecule has 0 aliphatic heterocycles. The summed E-state index contributed by atoms with van der Waals surface area (Å²) in [5.41, 5.74) is 22.0. The van der Waals surface area contributed by atoms with Crippen molar-refractivity contribution in [1.29, 1.82) is 0 Å². The minimum Gasteiger partial charge on any atom is -0.455 e. The first-order valence-corrected chi connectivity index (χ1v) is 23.1. The van der Waals surface area contributed by atoms with Crippen molar-refractivity contribution in [3.8, 4) is 44.5 Å². The fraction of sp³-hybridized carbons (Fsp3) is 0.0625. The summed E-state index contributed by atoms with van der Waals surface area (Å²) in [5.74, 6) is 0. The van der Waals surface area contributed by atoms with Gasteiger partial charge in [-0.3, -0.25) is 0 Å². The summed E-state index contributed by atoms with van der Waals surface area (Å²) in [6, 6.07) is 86.6. The molecule has 1 aliphatic carbocycles. The highest BCUT2D eigenvalue weighted by Crippen LogP contribution is 2.57. The summed E-state index contributed by atoms with van der Waals surface area (Å²) in [5, 5.41) is 2.26. The van der Waals surface area contributed by atoms with E-state index in [1.54, 1.807) is 0 Å². The Labute approximate surface area is 386 Å². The minimum absolute atomic E-state index is 0.520. The predicted molar refractivity (Wildman–Crippen MR) is 276 cm³/mol. The number of rotatable bonds is 9. The summed E-state index contributed by atoms with van der Waals surface area (Å²) >= 11 is 0. The fourth-order valence-corrected chi connectivity index (χ4v) is 10.9. The van der Waals surface area contributed by atoms with Gasteiger partial charge in [-0.2, -0.15) is 0 Å². The first-order valence-electron chi connectivity index (χ1n) is 23.1. The monoisotopic (exact) mass is 845 g/mol. The molecule has 0 bridgehead atoms. The molecule has 1 aromatic heterocycles. The Hall–Kier alpha value is -8.20. The number of benzene rings is 10. The summed E-state index contributed by atoms with van der Waals surface area (Å²) < 4.78 is 6.51. The molecule has 12 rings (SSSR count). The lowest BCUT2D eigenvalue weighted by atomic mass is 9.67. The van der Waals surface area contributed by atoms with Gasteiger partial charge in [0.15, 0.2) is 0 Å². The first kappa shape index (κ1) is 39.4. The number of anilines is 3. The number of hydrogen-bond acceptors (Lipinski definition) is 2. The SMILES string of the molecule is CCc1ccccc1-c1cccc(-c2ccc(N(c3ccc(-c4cccc5c4oc4ccccc45)cc3)c3ccc4c(c3)C(c3ccccc3)(c3ccccc3)c3ccccc3-4)cc2)c1C. The molecule has 314 valence electrons. The summed E-state index contributed by atoms with van der Waals surface area (Å²) in [6.07, 6.45) is 0.994. The number of aryl methyl sites for hydroxylation is 1. The van der Waals surface area contributed by atoms with Crippen LogP contribution in [-0.2, 0) is 11.8 Å².